The van der Waals surface area contributed by atoms with Crippen LogP contribution in [-0.4, -0.2) is 45.2 Å². The number of halogens is 1. The summed E-state index contributed by atoms with van der Waals surface area (Å²) in [5.41, 5.74) is 1.51. The average molecular weight is 317 g/mol. The zero-order valence-corrected chi connectivity index (χ0v) is 13.2. The first-order valence-corrected chi connectivity index (χ1v) is 7.62. The third kappa shape index (κ3) is 3.39. The first kappa shape index (κ1) is 15.6. The third-order valence-electron chi connectivity index (χ3n) is 4.30. The molecule has 1 amide bonds. The lowest BCUT2D eigenvalue weighted by molar-refractivity contribution is -0.122. The second-order valence-corrected chi connectivity index (χ2v) is 5.99. The van der Waals surface area contributed by atoms with Crippen LogP contribution in [0.4, 0.5) is 4.39 Å². The standard InChI is InChI=1S/C16H20FN5O/c1-11-3-4-12(7-13(11)17)16-14(5-6-21(16)2)20-15(23)8-22-10-18-9-19-22/h3-4,7,9-10,14,16H,5-6,8H2,1-2H3,(H,20,23). The highest BCUT2D eigenvalue weighted by atomic mass is 19.1. The Morgan fingerprint density at radius 1 is 1.48 bits per heavy atom. The number of likely N-dealkylation sites (N-methyl/N-ethyl adjacent to an activating group) is 1. The second kappa shape index (κ2) is 6.45. The molecule has 1 aliphatic heterocycles. The Labute approximate surface area is 134 Å². The van der Waals surface area contributed by atoms with Gasteiger partial charge in [0.2, 0.25) is 5.91 Å². The van der Waals surface area contributed by atoms with Crippen LogP contribution in [0.1, 0.15) is 23.6 Å². The van der Waals surface area contributed by atoms with Crippen LogP contribution in [0, 0.1) is 12.7 Å². The molecule has 0 spiro atoms. The molecule has 6 nitrogen and oxygen atoms in total. The van der Waals surface area contributed by atoms with Gasteiger partial charge >= 0.3 is 0 Å². The molecule has 0 aliphatic carbocycles. The Morgan fingerprint density at radius 2 is 2.30 bits per heavy atom. The van der Waals surface area contributed by atoms with Crippen molar-refractivity contribution in [1.82, 2.24) is 25.0 Å². The Kier molecular flexibility index (Phi) is 4.38. The SMILES string of the molecule is Cc1ccc(C2C(NC(=O)Cn3cncn3)CCN2C)cc1F. The van der Waals surface area contributed by atoms with Crippen LogP contribution in [0.2, 0.25) is 0 Å². The number of carbonyl (C=O) groups is 1. The van der Waals surface area contributed by atoms with Crippen molar-refractivity contribution < 1.29 is 9.18 Å². The average Bonchev–Trinajstić information content (AvgIpc) is 3.12. The lowest BCUT2D eigenvalue weighted by Gasteiger charge is -2.26. The van der Waals surface area contributed by atoms with Gasteiger partial charge < -0.3 is 5.32 Å². The Bertz CT molecular complexity index is 688. The van der Waals surface area contributed by atoms with Gasteiger partial charge in [-0.05, 0) is 37.6 Å². The third-order valence-corrected chi connectivity index (χ3v) is 4.30. The second-order valence-electron chi connectivity index (χ2n) is 5.99. The number of nitrogens with zero attached hydrogens (tertiary/aromatic N) is 4. The lowest BCUT2D eigenvalue weighted by Crippen LogP contribution is -2.40. The first-order valence-electron chi connectivity index (χ1n) is 7.62. The van der Waals surface area contributed by atoms with Crippen molar-refractivity contribution in [2.75, 3.05) is 13.6 Å². The van der Waals surface area contributed by atoms with Gasteiger partial charge in [0.1, 0.15) is 25.0 Å². The normalized spacial score (nSPS) is 21.5. The van der Waals surface area contributed by atoms with Crippen LogP contribution in [0.5, 0.6) is 0 Å². The minimum atomic E-state index is -0.213. The number of rotatable bonds is 4. The number of aryl methyl sites for hydroxylation is 1. The predicted molar refractivity (Wildman–Crippen MR) is 83.1 cm³/mol. The summed E-state index contributed by atoms with van der Waals surface area (Å²) in [6, 6.07) is 5.22. The molecule has 0 radical (unpaired) electrons. The molecule has 0 bridgehead atoms. The number of benzene rings is 1. The summed E-state index contributed by atoms with van der Waals surface area (Å²) in [5.74, 6) is -0.330. The highest BCUT2D eigenvalue weighted by Crippen LogP contribution is 2.31. The smallest absolute Gasteiger partial charge is 0.242 e. The Balaban J connectivity index is 1.73. The number of hydrogen-bond acceptors (Lipinski definition) is 4. The van der Waals surface area contributed by atoms with Gasteiger partial charge in [0.25, 0.3) is 0 Å². The molecule has 1 saturated heterocycles. The van der Waals surface area contributed by atoms with Gasteiger partial charge in [-0.25, -0.2) is 14.1 Å². The predicted octanol–water partition coefficient (Wildman–Crippen LogP) is 1.29. The summed E-state index contributed by atoms with van der Waals surface area (Å²) in [6.45, 7) is 2.73. The van der Waals surface area contributed by atoms with Crippen molar-refractivity contribution in [1.29, 1.82) is 0 Å². The van der Waals surface area contributed by atoms with Gasteiger partial charge in [-0.3, -0.25) is 9.69 Å². The highest BCUT2D eigenvalue weighted by Gasteiger charge is 2.34. The van der Waals surface area contributed by atoms with Gasteiger partial charge in [-0.15, -0.1) is 0 Å². The van der Waals surface area contributed by atoms with Crippen LogP contribution < -0.4 is 5.32 Å². The molecule has 1 aromatic heterocycles. The molecule has 2 aromatic rings. The first-order chi connectivity index (χ1) is 11.0. The number of nitrogens with one attached hydrogen (secondary N) is 1. The topological polar surface area (TPSA) is 63.1 Å². The van der Waals surface area contributed by atoms with Crippen molar-refractivity contribution in [2.45, 2.75) is 32.0 Å². The van der Waals surface area contributed by atoms with Crippen LogP contribution in [0.3, 0.4) is 0 Å². The zero-order chi connectivity index (χ0) is 16.4. The van der Waals surface area contributed by atoms with Gasteiger partial charge in [0.15, 0.2) is 0 Å². The minimum Gasteiger partial charge on any atom is -0.350 e. The van der Waals surface area contributed by atoms with Crippen LogP contribution in [-0.2, 0) is 11.3 Å². The van der Waals surface area contributed by atoms with Gasteiger partial charge in [-0.2, -0.15) is 5.10 Å². The summed E-state index contributed by atoms with van der Waals surface area (Å²) in [4.78, 5) is 18.1. The summed E-state index contributed by atoms with van der Waals surface area (Å²) in [7, 11) is 1.99. The molecule has 2 unspecified atom stereocenters. The fourth-order valence-electron chi connectivity index (χ4n) is 3.09. The van der Waals surface area contributed by atoms with E-state index in [9.17, 15) is 9.18 Å². The number of aromatic nitrogens is 3. The molecule has 122 valence electrons. The zero-order valence-electron chi connectivity index (χ0n) is 13.2. The molecular weight excluding hydrogens is 297 g/mol. The number of hydrogen-bond donors (Lipinski definition) is 1. The largest absolute Gasteiger partial charge is 0.350 e. The van der Waals surface area contributed by atoms with E-state index in [0.29, 0.717) is 5.56 Å². The molecule has 0 saturated carbocycles. The van der Waals surface area contributed by atoms with E-state index < -0.39 is 0 Å². The summed E-state index contributed by atoms with van der Waals surface area (Å²) in [6.07, 6.45) is 3.74. The number of amides is 1. The quantitative estimate of drug-likeness (QED) is 0.923. The molecule has 2 heterocycles. The molecule has 2 atom stereocenters. The fourth-order valence-corrected chi connectivity index (χ4v) is 3.09. The van der Waals surface area contributed by atoms with E-state index in [0.717, 1.165) is 18.5 Å². The molecule has 1 fully saturated rings. The van der Waals surface area contributed by atoms with E-state index in [2.05, 4.69) is 20.3 Å². The molecule has 1 aliphatic rings. The van der Waals surface area contributed by atoms with Crippen molar-refractivity contribution in [3.05, 3.63) is 47.8 Å². The van der Waals surface area contributed by atoms with Crippen LogP contribution in [0.25, 0.3) is 0 Å². The minimum absolute atomic E-state index is 0.0233. The summed E-state index contributed by atoms with van der Waals surface area (Å²) in [5, 5.41) is 6.97. The maximum absolute atomic E-state index is 13.9. The molecule has 1 N–H and O–H groups in total. The van der Waals surface area contributed by atoms with E-state index in [1.807, 2.05) is 13.1 Å². The highest BCUT2D eigenvalue weighted by molar-refractivity contribution is 5.76. The van der Waals surface area contributed by atoms with Crippen LogP contribution >= 0.6 is 0 Å². The van der Waals surface area contributed by atoms with E-state index in [4.69, 9.17) is 0 Å². The monoisotopic (exact) mass is 317 g/mol. The fraction of sp³-hybridized carbons (Fsp3) is 0.438. The number of carbonyl (C=O) groups excluding carboxylic acids is 1. The van der Waals surface area contributed by atoms with Crippen LogP contribution in [0.15, 0.2) is 30.9 Å². The molecule has 7 heteroatoms. The summed E-state index contributed by atoms with van der Waals surface area (Å²) < 4.78 is 15.4. The maximum atomic E-state index is 13.9. The van der Waals surface area contributed by atoms with Crippen molar-refractivity contribution in [2.24, 2.45) is 0 Å². The number of likely N-dealkylation sites (tertiary alicyclic amines) is 1. The summed E-state index contributed by atoms with van der Waals surface area (Å²) >= 11 is 0. The van der Waals surface area contributed by atoms with E-state index in [-0.39, 0.29) is 30.4 Å². The van der Waals surface area contributed by atoms with Crippen molar-refractivity contribution >= 4 is 5.91 Å². The maximum Gasteiger partial charge on any atom is 0.242 e. The van der Waals surface area contributed by atoms with E-state index in [1.165, 1.54) is 17.3 Å². The lowest BCUT2D eigenvalue weighted by atomic mass is 9.99. The molecule has 3 rings (SSSR count). The van der Waals surface area contributed by atoms with Crippen molar-refractivity contribution in [3.63, 3.8) is 0 Å². The molecule has 23 heavy (non-hydrogen) atoms. The van der Waals surface area contributed by atoms with Crippen molar-refractivity contribution in [3.8, 4) is 0 Å². The molecule has 1 aromatic carbocycles. The Morgan fingerprint density at radius 3 is 3.00 bits per heavy atom. The van der Waals surface area contributed by atoms with Gasteiger partial charge in [0.05, 0.1) is 6.04 Å². The van der Waals surface area contributed by atoms with E-state index >= 15 is 0 Å². The van der Waals surface area contributed by atoms with Gasteiger partial charge in [0, 0.05) is 12.6 Å². The van der Waals surface area contributed by atoms with E-state index in [1.54, 1.807) is 19.1 Å². The molecular formula is C16H20FN5O. The Hall–Kier alpha value is -2.28. The van der Waals surface area contributed by atoms with Gasteiger partial charge in [-0.1, -0.05) is 12.1 Å².